The van der Waals surface area contributed by atoms with E-state index in [4.69, 9.17) is 14.2 Å². The quantitative estimate of drug-likeness (QED) is 0.0261. The highest BCUT2D eigenvalue weighted by Crippen LogP contribution is 2.17. The zero-order valence-electron chi connectivity index (χ0n) is 48.7. The third kappa shape index (κ3) is 59.9. The van der Waals surface area contributed by atoms with Crippen molar-refractivity contribution < 1.29 is 28.6 Å². The maximum atomic E-state index is 12.8. The molecule has 0 saturated carbocycles. The van der Waals surface area contributed by atoms with Crippen LogP contribution >= 0.6 is 0 Å². The van der Waals surface area contributed by atoms with Crippen LogP contribution in [0, 0.1) is 0 Å². The highest BCUT2D eigenvalue weighted by Gasteiger charge is 2.19. The van der Waals surface area contributed by atoms with Crippen molar-refractivity contribution in [3.05, 3.63) is 60.8 Å². The number of allylic oxidation sites excluding steroid dienone is 10. The van der Waals surface area contributed by atoms with Gasteiger partial charge in [0.05, 0.1) is 0 Å². The molecule has 0 heterocycles. The Labute approximate surface area is 453 Å². The fourth-order valence-electron chi connectivity index (χ4n) is 9.15. The summed E-state index contributed by atoms with van der Waals surface area (Å²) in [5.74, 6) is -0.890. The summed E-state index contributed by atoms with van der Waals surface area (Å²) in [6.45, 7) is 6.56. The molecule has 0 bridgehead atoms. The molecule has 424 valence electrons. The highest BCUT2D eigenvalue weighted by atomic mass is 16.6. The molecule has 73 heavy (non-hydrogen) atoms. The smallest absolute Gasteiger partial charge is 0.306 e. The molecule has 6 heteroatoms. The van der Waals surface area contributed by atoms with Gasteiger partial charge < -0.3 is 14.2 Å². The van der Waals surface area contributed by atoms with Crippen LogP contribution in [0.3, 0.4) is 0 Å². The van der Waals surface area contributed by atoms with Gasteiger partial charge in [0.2, 0.25) is 0 Å². The van der Waals surface area contributed by atoms with Gasteiger partial charge in [0.15, 0.2) is 6.10 Å². The Morgan fingerprint density at radius 3 is 0.836 bits per heavy atom. The second-order valence-corrected chi connectivity index (χ2v) is 21.3. The third-order valence-corrected chi connectivity index (χ3v) is 13.9. The van der Waals surface area contributed by atoms with Gasteiger partial charge in [0.25, 0.3) is 0 Å². The van der Waals surface area contributed by atoms with Gasteiger partial charge in [0, 0.05) is 19.3 Å². The van der Waals surface area contributed by atoms with E-state index in [1.165, 1.54) is 186 Å². The van der Waals surface area contributed by atoms with Crippen molar-refractivity contribution in [3.63, 3.8) is 0 Å². The van der Waals surface area contributed by atoms with Gasteiger partial charge in [-0.25, -0.2) is 0 Å². The number of hydrogen-bond donors (Lipinski definition) is 0. The summed E-state index contributed by atoms with van der Waals surface area (Å²) in [6.07, 6.45) is 78.1. The monoisotopic (exact) mass is 1020 g/mol. The Hall–Kier alpha value is -2.89. The van der Waals surface area contributed by atoms with Crippen molar-refractivity contribution in [2.45, 2.75) is 335 Å². The zero-order valence-corrected chi connectivity index (χ0v) is 48.7. The molecule has 0 amide bonds. The molecule has 0 saturated heterocycles. The van der Waals surface area contributed by atoms with Crippen molar-refractivity contribution in [1.29, 1.82) is 0 Å². The van der Waals surface area contributed by atoms with Crippen molar-refractivity contribution in [1.82, 2.24) is 0 Å². The average Bonchev–Trinajstić information content (AvgIpc) is 3.39. The van der Waals surface area contributed by atoms with Crippen LogP contribution in [-0.2, 0) is 28.6 Å². The second kappa shape index (κ2) is 61.7. The lowest BCUT2D eigenvalue weighted by Crippen LogP contribution is -2.30. The van der Waals surface area contributed by atoms with E-state index in [1.807, 2.05) is 0 Å². The lowest BCUT2D eigenvalue weighted by atomic mass is 10.0. The Kier molecular flexibility index (Phi) is 59.2. The molecule has 0 aromatic rings. The van der Waals surface area contributed by atoms with Crippen molar-refractivity contribution in [2.24, 2.45) is 0 Å². The number of unbranched alkanes of at least 4 members (excludes halogenated alkanes) is 37. The molecule has 6 nitrogen and oxygen atoms in total. The number of ether oxygens (including phenoxy) is 3. The minimum Gasteiger partial charge on any atom is -0.462 e. The molecular formula is C67H120O6. The first-order valence-corrected chi connectivity index (χ1v) is 31.8. The van der Waals surface area contributed by atoms with Gasteiger partial charge in [-0.2, -0.15) is 0 Å². The second-order valence-electron chi connectivity index (χ2n) is 21.3. The molecule has 0 aromatic heterocycles. The SMILES string of the molecule is CCC/C=C\C/C=C\CCCCCCCC(=O)OC(COC(=O)CCCCCCC/C=C\CCCCCC)COC(=O)CCCCCCCCCCCCCCCCCCC/C=C\C/C=C\CCCCCCC. The molecule has 0 aliphatic heterocycles. The molecule has 0 aliphatic carbocycles. The zero-order chi connectivity index (χ0) is 52.9. The van der Waals surface area contributed by atoms with Gasteiger partial charge in [-0.05, 0) is 103 Å². The van der Waals surface area contributed by atoms with Crippen molar-refractivity contribution in [2.75, 3.05) is 13.2 Å². The predicted molar refractivity (Wildman–Crippen MR) is 316 cm³/mol. The molecule has 0 aromatic carbocycles. The minimum atomic E-state index is -0.783. The summed E-state index contributed by atoms with van der Waals surface area (Å²) in [7, 11) is 0. The normalized spacial score (nSPS) is 12.4. The summed E-state index contributed by atoms with van der Waals surface area (Å²) >= 11 is 0. The topological polar surface area (TPSA) is 78.9 Å². The van der Waals surface area contributed by atoms with Crippen LogP contribution in [0.25, 0.3) is 0 Å². The maximum Gasteiger partial charge on any atom is 0.306 e. The summed E-state index contributed by atoms with van der Waals surface area (Å²) < 4.78 is 16.9. The van der Waals surface area contributed by atoms with Gasteiger partial charge >= 0.3 is 17.9 Å². The summed E-state index contributed by atoms with van der Waals surface area (Å²) in [6, 6.07) is 0. The molecule has 0 radical (unpaired) electrons. The first-order chi connectivity index (χ1) is 36.0. The number of hydrogen-bond acceptors (Lipinski definition) is 6. The molecular weight excluding hydrogens is 901 g/mol. The molecule has 0 rings (SSSR count). The Morgan fingerprint density at radius 1 is 0.274 bits per heavy atom. The van der Waals surface area contributed by atoms with Gasteiger partial charge in [0.1, 0.15) is 13.2 Å². The molecule has 0 fully saturated rings. The van der Waals surface area contributed by atoms with E-state index < -0.39 is 6.10 Å². The fourth-order valence-corrected chi connectivity index (χ4v) is 9.15. The summed E-state index contributed by atoms with van der Waals surface area (Å²) in [5, 5.41) is 0. The van der Waals surface area contributed by atoms with Crippen LogP contribution in [-0.4, -0.2) is 37.2 Å². The first-order valence-electron chi connectivity index (χ1n) is 31.8. The summed E-state index contributed by atoms with van der Waals surface area (Å²) in [5.41, 5.74) is 0. The minimum absolute atomic E-state index is 0.0801. The lowest BCUT2D eigenvalue weighted by Gasteiger charge is -2.18. The molecule has 0 spiro atoms. The van der Waals surface area contributed by atoms with Crippen LogP contribution in [0.4, 0.5) is 0 Å². The van der Waals surface area contributed by atoms with E-state index >= 15 is 0 Å². The van der Waals surface area contributed by atoms with E-state index in [2.05, 4.69) is 81.5 Å². The van der Waals surface area contributed by atoms with E-state index in [0.29, 0.717) is 19.3 Å². The van der Waals surface area contributed by atoms with Crippen LogP contribution in [0.15, 0.2) is 60.8 Å². The molecule has 1 atom stereocenters. The van der Waals surface area contributed by atoms with Crippen molar-refractivity contribution in [3.8, 4) is 0 Å². The summed E-state index contributed by atoms with van der Waals surface area (Å²) in [4.78, 5) is 38.2. The predicted octanol–water partition coefficient (Wildman–Crippen LogP) is 21.6. The Morgan fingerprint density at radius 2 is 0.521 bits per heavy atom. The van der Waals surface area contributed by atoms with E-state index in [9.17, 15) is 14.4 Å². The van der Waals surface area contributed by atoms with Crippen molar-refractivity contribution >= 4 is 17.9 Å². The van der Waals surface area contributed by atoms with E-state index in [0.717, 1.165) is 103 Å². The van der Waals surface area contributed by atoms with Gasteiger partial charge in [-0.1, -0.05) is 268 Å². The van der Waals surface area contributed by atoms with Crippen LogP contribution in [0.2, 0.25) is 0 Å². The maximum absolute atomic E-state index is 12.8. The molecule has 0 aliphatic rings. The van der Waals surface area contributed by atoms with Gasteiger partial charge in [-0.15, -0.1) is 0 Å². The van der Waals surface area contributed by atoms with Crippen LogP contribution < -0.4 is 0 Å². The largest absolute Gasteiger partial charge is 0.462 e. The van der Waals surface area contributed by atoms with E-state index in [-0.39, 0.29) is 31.1 Å². The fraction of sp³-hybridized carbons (Fsp3) is 0.806. The Balaban J connectivity index is 4.16. The highest BCUT2D eigenvalue weighted by molar-refractivity contribution is 5.71. The average molecular weight is 1020 g/mol. The van der Waals surface area contributed by atoms with Crippen LogP contribution in [0.5, 0.6) is 0 Å². The number of carbonyl (C=O) groups excluding carboxylic acids is 3. The first kappa shape index (κ1) is 70.1. The number of rotatable bonds is 58. The molecule has 1 unspecified atom stereocenters. The standard InChI is InChI=1S/C67H120O6/c1-4-7-10-13-16-19-22-25-26-27-28-29-30-31-32-33-34-35-36-37-38-39-40-43-45-48-51-54-57-60-66(69)72-63-64(73-67(70)61-58-55-52-49-46-42-24-21-18-15-12-9-6-3)62-71-65(68)59-56-53-50-47-44-41-23-20-17-14-11-8-5-2/h12,15,20-25,27-28,64H,4-11,13-14,16-19,26,29-63H2,1-3H3/b15-12-,23-20-,24-21-,25-22-,28-27-. The van der Waals surface area contributed by atoms with Crippen LogP contribution in [0.1, 0.15) is 329 Å². The molecule has 0 N–H and O–H groups in total. The van der Waals surface area contributed by atoms with E-state index in [1.54, 1.807) is 0 Å². The number of esters is 3. The van der Waals surface area contributed by atoms with Gasteiger partial charge in [-0.3, -0.25) is 14.4 Å². The Bertz CT molecular complexity index is 1310. The third-order valence-electron chi connectivity index (χ3n) is 13.9. The number of carbonyl (C=O) groups is 3. The lowest BCUT2D eigenvalue weighted by molar-refractivity contribution is -0.167.